The molecule has 0 aliphatic carbocycles. The van der Waals surface area contributed by atoms with E-state index in [-0.39, 0.29) is 6.04 Å². The molecule has 0 aliphatic heterocycles. The predicted octanol–water partition coefficient (Wildman–Crippen LogP) is 1.25. The van der Waals surface area contributed by atoms with Crippen LogP contribution in [0.4, 0.5) is 5.95 Å². The molecule has 0 spiro atoms. The molecule has 2 N–H and O–H groups in total. The van der Waals surface area contributed by atoms with Crippen LogP contribution in [0.25, 0.3) is 0 Å². The third-order valence-electron chi connectivity index (χ3n) is 3.34. The number of aromatic nitrogens is 2. The number of rotatable bonds is 11. The summed E-state index contributed by atoms with van der Waals surface area (Å²) >= 11 is 0. The van der Waals surface area contributed by atoms with E-state index < -0.39 is 0 Å². The fourth-order valence-electron chi connectivity index (χ4n) is 1.98. The standard InChI is InChI=1S/C15H28N4O2/c1-4-14(16)10-13-11-17-15(18-12-13)19(7-9-21-3)6-5-8-20-2/h11-12,14H,4-10,16H2,1-3H3. The van der Waals surface area contributed by atoms with Gasteiger partial charge < -0.3 is 20.1 Å². The highest BCUT2D eigenvalue weighted by molar-refractivity contribution is 5.29. The largest absolute Gasteiger partial charge is 0.385 e. The van der Waals surface area contributed by atoms with Gasteiger partial charge in [0.05, 0.1) is 6.61 Å². The van der Waals surface area contributed by atoms with Crippen LogP contribution >= 0.6 is 0 Å². The third kappa shape index (κ3) is 6.84. The van der Waals surface area contributed by atoms with Crippen molar-refractivity contribution in [3.8, 4) is 0 Å². The smallest absolute Gasteiger partial charge is 0.225 e. The predicted molar refractivity (Wildman–Crippen MR) is 84.6 cm³/mol. The summed E-state index contributed by atoms with van der Waals surface area (Å²) in [5.41, 5.74) is 7.03. The molecule has 1 aromatic rings. The Bertz CT molecular complexity index is 372. The molecule has 0 amide bonds. The monoisotopic (exact) mass is 296 g/mol. The van der Waals surface area contributed by atoms with Gasteiger partial charge in [-0.2, -0.15) is 0 Å². The minimum absolute atomic E-state index is 0.172. The summed E-state index contributed by atoms with van der Waals surface area (Å²) in [6.07, 6.45) is 6.45. The maximum Gasteiger partial charge on any atom is 0.225 e. The van der Waals surface area contributed by atoms with E-state index in [0.717, 1.165) is 50.5 Å². The highest BCUT2D eigenvalue weighted by Crippen LogP contribution is 2.09. The third-order valence-corrected chi connectivity index (χ3v) is 3.34. The molecule has 1 heterocycles. The lowest BCUT2D eigenvalue weighted by molar-refractivity contribution is 0.190. The number of methoxy groups -OCH3 is 2. The van der Waals surface area contributed by atoms with Crippen molar-refractivity contribution in [2.75, 3.05) is 45.4 Å². The number of nitrogens with zero attached hydrogens (tertiary/aromatic N) is 3. The van der Waals surface area contributed by atoms with Crippen LogP contribution in [0.15, 0.2) is 12.4 Å². The molecule has 21 heavy (non-hydrogen) atoms. The maximum absolute atomic E-state index is 5.95. The van der Waals surface area contributed by atoms with Gasteiger partial charge in [-0.1, -0.05) is 6.92 Å². The van der Waals surface area contributed by atoms with E-state index in [1.807, 2.05) is 12.4 Å². The van der Waals surface area contributed by atoms with Crippen LogP contribution < -0.4 is 10.6 Å². The number of hydrogen-bond acceptors (Lipinski definition) is 6. The van der Waals surface area contributed by atoms with Crippen molar-refractivity contribution in [2.45, 2.75) is 32.2 Å². The normalized spacial score (nSPS) is 12.4. The minimum atomic E-state index is 0.172. The second-order valence-corrected chi connectivity index (χ2v) is 5.09. The highest BCUT2D eigenvalue weighted by Gasteiger charge is 2.10. The topological polar surface area (TPSA) is 73.5 Å². The number of anilines is 1. The molecular formula is C15H28N4O2. The summed E-state index contributed by atoms with van der Waals surface area (Å²) in [6, 6.07) is 0.172. The maximum atomic E-state index is 5.95. The van der Waals surface area contributed by atoms with Crippen LogP contribution in [-0.2, 0) is 15.9 Å². The SMILES string of the molecule is CCC(N)Cc1cnc(N(CCCOC)CCOC)nc1. The van der Waals surface area contributed by atoms with Gasteiger partial charge in [0.1, 0.15) is 0 Å². The summed E-state index contributed by atoms with van der Waals surface area (Å²) in [6.45, 7) is 5.09. The summed E-state index contributed by atoms with van der Waals surface area (Å²) in [5.74, 6) is 0.733. The van der Waals surface area contributed by atoms with Crippen LogP contribution in [0.5, 0.6) is 0 Å². The van der Waals surface area contributed by atoms with Gasteiger partial charge in [-0.15, -0.1) is 0 Å². The Morgan fingerprint density at radius 2 is 1.81 bits per heavy atom. The van der Waals surface area contributed by atoms with E-state index in [1.165, 1.54) is 0 Å². The lowest BCUT2D eigenvalue weighted by Gasteiger charge is -2.22. The molecule has 0 saturated carbocycles. The van der Waals surface area contributed by atoms with E-state index in [4.69, 9.17) is 15.2 Å². The zero-order valence-electron chi connectivity index (χ0n) is 13.4. The van der Waals surface area contributed by atoms with E-state index in [1.54, 1.807) is 14.2 Å². The molecule has 0 bridgehead atoms. The zero-order valence-corrected chi connectivity index (χ0v) is 13.4. The lowest BCUT2D eigenvalue weighted by Crippen LogP contribution is -2.30. The quantitative estimate of drug-likeness (QED) is 0.619. The molecule has 120 valence electrons. The van der Waals surface area contributed by atoms with Gasteiger partial charge in [-0.3, -0.25) is 0 Å². The molecule has 1 rings (SSSR count). The van der Waals surface area contributed by atoms with Crippen molar-refractivity contribution in [1.29, 1.82) is 0 Å². The number of hydrogen-bond donors (Lipinski definition) is 1. The summed E-state index contributed by atoms with van der Waals surface area (Å²) in [7, 11) is 3.41. The second kappa shape index (κ2) is 10.5. The molecular weight excluding hydrogens is 268 g/mol. The van der Waals surface area contributed by atoms with E-state index in [9.17, 15) is 0 Å². The summed E-state index contributed by atoms with van der Waals surface area (Å²) in [5, 5.41) is 0. The first-order valence-corrected chi connectivity index (χ1v) is 7.50. The Balaban J connectivity index is 2.63. The lowest BCUT2D eigenvalue weighted by atomic mass is 10.1. The van der Waals surface area contributed by atoms with Crippen molar-refractivity contribution in [3.63, 3.8) is 0 Å². The Morgan fingerprint density at radius 1 is 1.14 bits per heavy atom. The molecule has 6 nitrogen and oxygen atoms in total. The first-order chi connectivity index (χ1) is 10.2. The van der Waals surface area contributed by atoms with Gasteiger partial charge in [-0.05, 0) is 24.8 Å². The fraction of sp³-hybridized carbons (Fsp3) is 0.733. The molecule has 0 fully saturated rings. The van der Waals surface area contributed by atoms with E-state index in [2.05, 4.69) is 21.8 Å². The van der Waals surface area contributed by atoms with Crippen molar-refractivity contribution in [2.24, 2.45) is 5.73 Å². The van der Waals surface area contributed by atoms with Crippen LogP contribution in [-0.4, -0.2) is 56.5 Å². The van der Waals surface area contributed by atoms with Crippen LogP contribution in [0.1, 0.15) is 25.3 Å². The Kier molecular flexibility index (Phi) is 8.89. The fourth-order valence-corrected chi connectivity index (χ4v) is 1.98. The molecule has 0 radical (unpaired) electrons. The second-order valence-electron chi connectivity index (χ2n) is 5.09. The molecule has 1 atom stereocenters. The van der Waals surface area contributed by atoms with Gasteiger partial charge in [0.2, 0.25) is 5.95 Å². The number of nitrogens with two attached hydrogens (primary N) is 1. The Morgan fingerprint density at radius 3 is 2.38 bits per heavy atom. The van der Waals surface area contributed by atoms with Gasteiger partial charge in [0, 0.05) is 52.4 Å². The van der Waals surface area contributed by atoms with Gasteiger partial charge in [-0.25, -0.2) is 9.97 Å². The Labute approximate surface area is 127 Å². The van der Waals surface area contributed by atoms with E-state index >= 15 is 0 Å². The van der Waals surface area contributed by atoms with Gasteiger partial charge in [0.25, 0.3) is 0 Å². The van der Waals surface area contributed by atoms with Gasteiger partial charge in [0.15, 0.2) is 0 Å². The van der Waals surface area contributed by atoms with Crippen LogP contribution in [0.2, 0.25) is 0 Å². The van der Waals surface area contributed by atoms with Crippen molar-refractivity contribution < 1.29 is 9.47 Å². The van der Waals surface area contributed by atoms with Crippen molar-refractivity contribution in [1.82, 2.24) is 9.97 Å². The first-order valence-electron chi connectivity index (χ1n) is 7.50. The molecule has 0 aromatic carbocycles. The molecule has 6 heteroatoms. The molecule has 1 aromatic heterocycles. The highest BCUT2D eigenvalue weighted by atomic mass is 16.5. The van der Waals surface area contributed by atoms with Crippen LogP contribution in [0, 0.1) is 0 Å². The average molecular weight is 296 g/mol. The van der Waals surface area contributed by atoms with Crippen molar-refractivity contribution in [3.05, 3.63) is 18.0 Å². The average Bonchev–Trinajstić information content (AvgIpc) is 2.51. The zero-order chi connectivity index (χ0) is 15.5. The summed E-state index contributed by atoms with van der Waals surface area (Å²) in [4.78, 5) is 11.0. The van der Waals surface area contributed by atoms with Crippen molar-refractivity contribution >= 4 is 5.95 Å². The minimum Gasteiger partial charge on any atom is -0.385 e. The number of ether oxygens (including phenoxy) is 2. The van der Waals surface area contributed by atoms with Gasteiger partial charge >= 0.3 is 0 Å². The molecule has 1 unspecified atom stereocenters. The Hall–Kier alpha value is -1.24. The summed E-state index contributed by atoms with van der Waals surface area (Å²) < 4.78 is 10.2. The molecule has 0 aliphatic rings. The van der Waals surface area contributed by atoms with Crippen LogP contribution in [0.3, 0.4) is 0 Å². The molecule has 0 saturated heterocycles. The van der Waals surface area contributed by atoms with E-state index in [0.29, 0.717) is 6.61 Å². The first kappa shape index (κ1) is 17.8.